The van der Waals surface area contributed by atoms with Gasteiger partial charge in [0.25, 0.3) is 11.5 Å². The largest absolute Gasteiger partial charge is 0.467 e. The van der Waals surface area contributed by atoms with Crippen molar-refractivity contribution in [1.29, 1.82) is 0 Å². The molecule has 1 heterocycles. The predicted molar refractivity (Wildman–Crippen MR) is 125 cm³/mol. The van der Waals surface area contributed by atoms with E-state index in [0.29, 0.717) is 25.7 Å². The number of pyridine rings is 1. The smallest absolute Gasteiger partial charge is 0.331 e. The summed E-state index contributed by atoms with van der Waals surface area (Å²) in [4.78, 5) is 39.5. The van der Waals surface area contributed by atoms with E-state index < -0.39 is 23.0 Å². The van der Waals surface area contributed by atoms with Gasteiger partial charge in [-0.25, -0.2) is 9.18 Å². The van der Waals surface area contributed by atoms with Crippen molar-refractivity contribution in [1.82, 2.24) is 9.88 Å². The van der Waals surface area contributed by atoms with E-state index >= 15 is 0 Å². The second kappa shape index (κ2) is 10.8. The van der Waals surface area contributed by atoms with Gasteiger partial charge in [-0.05, 0) is 55.0 Å². The number of methoxy groups -OCH3 is 1. The maximum atomic E-state index is 13.5. The summed E-state index contributed by atoms with van der Waals surface area (Å²) in [7, 11) is 1.31. The number of halogens is 1. The van der Waals surface area contributed by atoms with Crippen molar-refractivity contribution in [2.24, 2.45) is 0 Å². The standard InChI is InChI=1S/C26H33FN2O4/c1-4-9-22-19(5-2)16-21(24(31)29(22)17-18-10-12-20(27)13-11-18)23(30)28-26(25(32)33-3)14-7-6-8-15-26/h10-13,16H,4-9,14-15,17H2,1-3H3,(H,28,30). The fraction of sp³-hybridized carbons (Fsp3) is 0.500. The SMILES string of the molecule is CCCc1c(CC)cc(C(=O)NC2(C(=O)OC)CCCCC2)c(=O)n1Cc1ccc(F)cc1. The number of esters is 1. The van der Waals surface area contributed by atoms with Crippen LogP contribution in [0, 0.1) is 5.82 Å². The first-order valence-electron chi connectivity index (χ1n) is 11.8. The Labute approximate surface area is 194 Å². The predicted octanol–water partition coefficient (Wildman–Crippen LogP) is 4.16. The van der Waals surface area contributed by atoms with Gasteiger partial charge in [0.15, 0.2) is 0 Å². The Balaban J connectivity index is 2.05. The van der Waals surface area contributed by atoms with Crippen LogP contribution < -0.4 is 10.9 Å². The second-order valence-electron chi connectivity index (χ2n) is 8.74. The number of hydrogen-bond acceptors (Lipinski definition) is 4. The van der Waals surface area contributed by atoms with E-state index in [9.17, 15) is 18.8 Å². The summed E-state index contributed by atoms with van der Waals surface area (Å²) >= 11 is 0. The summed E-state index contributed by atoms with van der Waals surface area (Å²) in [6, 6.07) is 7.67. The zero-order valence-corrected chi connectivity index (χ0v) is 19.7. The molecule has 1 aliphatic carbocycles. The van der Waals surface area contributed by atoms with Crippen LogP contribution in [0.1, 0.15) is 79.6 Å². The Hall–Kier alpha value is -2.96. The van der Waals surface area contributed by atoms with Crippen LogP contribution in [0.15, 0.2) is 35.1 Å². The van der Waals surface area contributed by atoms with E-state index in [1.54, 1.807) is 22.8 Å². The number of nitrogens with one attached hydrogen (secondary N) is 1. The molecule has 1 N–H and O–H groups in total. The van der Waals surface area contributed by atoms with Crippen LogP contribution in [0.3, 0.4) is 0 Å². The third kappa shape index (κ3) is 5.34. The summed E-state index contributed by atoms with van der Waals surface area (Å²) < 4.78 is 20.0. The molecule has 0 saturated heterocycles. The highest BCUT2D eigenvalue weighted by molar-refractivity contribution is 5.98. The zero-order valence-electron chi connectivity index (χ0n) is 19.7. The van der Waals surface area contributed by atoms with Gasteiger partial charge in [-0.1, -0.05) is 51.7 Å². The van der Waals surface area contributed by atoms with E-state index in [1.165, 1.54) is 19.2 Å². The van der Waals surface area contributed by atoms with Gasteiger partial charge in [-0.2, -0.15) is 0 Å². The average Bonchev–Trinajstić information content (AvgIpc) is 2.82. The molecule has 1 fully saturated rings. The Morgan fingerprint density at radius 2 is 1.79 bits per heavy atom. The minimum absolute atomic E-state index is 0.0164. The molecule has 0 atom stereocenters. The Morgan fingerprint density at radius 3 is 2.36 bits per heavy atom. The van der Waals surface area contributed by atoms with Crippen molar-refractivity contribution in [3.63, 3.8) is 0 Å². The summed E-state index contributed by atoms with van der Waals surface area (Å²) in [5.74, 6) is -1.37. The fourth-order valence-electron chi connectivity index (χ4n) is 4.72. The van der Waals surface area contributed by atoms with Crippen LogP contribution in [0.25, 0.3) is 0 Å². The minimum atomic E-state index is -1.10. The van der Waals surface area contributed by atoms with Gasteiger partial charge in [0.05, 0.1) is 13.7 Å². The molecule has 7 heteroatoms. The first-order chi connectivity index (χ1) is 15.8. The monoisotopic (exact) mass is 456 g/mol. The molecule has 1 aliphatic rings. The highest BCUT2D eigenvalue weighted by atomic mass is 19.1. The maximum Gasteiger partial charge on any atom is 0.331 e. The topological polar surface area (TPSA) is 77.4 Å². The molecular formula is C26H33FN2O4. The lowest BCUT2D eigenvalue weighted by molar-refractivity contribution is -0.149. The van der Waals surface area contributed by atoms with Crippen LogP contribution >= 0.6 is 0 Å². The van der Waals surface area contributed by atoms with Crippen molar-refractivity contribution in [2.45, 2.75) is 77.3 Å². The number of rotatable bonds is 8. The van der Waals surface area contributed by atoms with Gasteiger partial charge in [0.2, 0.25) is 0 Å². The van der Waals surface area contributed by atoms with E-state index in [0.717, 1.165) is 42.5 Å². The van der Waals surface area contributed by atoms with Crippen LogP contribution in [0.2, 0.25) is 0 Å². The fourth-order valence-corrected chi connectivity index (χ4v) is 4.72. The van der Waals surface area contributed by atoms with Crippen molar-refractivity contribution in [3.05, 3.63) is 68.9 Å². The third-order valence-corrected chi connectivity index (χ3v) is 6.49. The van der Waals surface area contributed by atoms with Crippen LogP contribution in [-0.2, 0) is 28.9 Å². The molecular weight excluding hydrogens is 423 g/mol. The number of nitrogens with zero attached hydrogens (tertiary/aromatic N) is 1. The van der Waals surface area contributed by atoms with Gasteiger partial charge in [0, 0.05) is 5.69 Å². The summed E-state index contributed by atoms with van der Waals surface area (Å²) in [5, 5.41) is 2.87. The van der Waals surface area contributed by atoms with Crippen molar-refractivity contribution in [3.8, 4) is 0 Å². The first kappa shape index (κ1) is 24.7. The lowest BCUT2D eigenvalue weighted by atomic mass is 9.81. The number of hydrogen-bond donors (Lipinski definition) is 1. The molecule has 0 bridgehead atoms. The second-order valence-corrected chi connectivity index (χ2v) is 8.74. The molecule has 0 aliphatic heterocycles. The lowest BCUT2D eigenvalue weighted by Gasteiger charge is -2.35. The Bertz CT molecular complexity index is 1050. The molecule has 3 rings (SSSR count). The molecule has 1 aromatic carbocycles. The Kier molecular flexibility index (Phi) is 8.06. The first-order valence-corrected chi connectivity index (χ1v) is 11.8. The highest BCUT2D eigenvalue weighted by Crippen LogP contribution is 2.30. The number of carbonyl (C=O) groups is 2. The van der Waals surface area contributed by atoms with Gasteiger partial charge in [-0.3, -0.25) is 9.59 Å². The van der Waals surface area contributed by atoms with E-state index in [1.807, 2.05) is 13.8 Å². The quantitative estimate of drug-likeness (QED) is 0.605. The van der Waals surface area contributed by atoms with Crippen molar-refractivity contribution in [2.75, 3.05) is 7.11 Å². The lowest BCUT2D eigenvalue weighted by Crippen LogP contribution is -2.57. The number of amides is 1. The van der Waals surface area contributed by atoms with Gasteiger partial charge in [-0.15, -0.1) is 0 Å². The van der Waals surface area contributed by atoms with Crippen molar-refractivity contribution >= 4 is 11.9 Å². The number of aryl methyl sites for hydroxylation is 1. The molecule has 33 heavy (non-hydrogen) atoms. The molecule has 1 amide bonds. The molecule has 0 spiro atoms. The van der Waals surface area contributed by atoms with Crippen molar-refractivity contribution < 1.29 is 18.7 Å². The number of ether oxygens (including phenoxy) is 1. The van der Waals surface area contributed by atoms with E-state index in [4.69, 9.17) is 4.74 Å². The molecule has 2 aromatic rings. The molecule has 0 unspecified atom stereocenters. The maximum absolute atomic E-state index is 13.5. The number of aromatic nitrogens is 1. The van der Waals surface area contributed by atoms with Crippen LogP contribution in [-0.4, -0.2) is 29.1 Å². The van der Waals surface area contributed by atoms with Crippen LogP contribution in [0.5, 0.6) is 0 Å². The zero-order chi connectivity index (χ0) is 24.0. The molecule has 1 saturated carbocycles. The summed E-state index contributed by atoms with van der Waals surface area (Å²) in [6.07, 6.45) is 5.76. The van der Waals surface area contributed by atoms with Crippen LogP contribution in [0.4, 0.5) is 4.39 Å². The molecule has 178 valence electrons. The summed E-state index contributed by atoms with van der Waals surface area (Å²) in [6.45, 7) is 4.26. The van der Waals surface area contributed by atoms with Gasteiger partial charge in [0.1, 0.15) is 16.9 Å². The minimum Gasteiger partial charge on any atom is -0.467 e. The molecule has 1 aromatic heterocycles. The van der Waals surface area contributed by atoms with E-state index in [-0.39, 0.29) is 17.9 Å². The normalized spacial score (nSPS) is 15.2. The average molecular weight is 457 g/mol. The van der Waals surface area contributed by atoms with Gasteiger partial charge >= 0.3 is 5.97 Å². The number of carbonyl (C=O) groups excluding carboxylic acids is 2. The Morgan fingerprint density at radius 1 is 1.12 bits per heavy atom. The summed E-state index contributed by atoms with van der Waals surface area (Å²) in [5.41, 5.74) is 1.07. The molecule has 6 nitrogen and oxygen atoms in total. The van der Waals surface area contributed by atoms with E-state index in [2.05, 4.69) is 5.32 Å². The highest BCUT2D eigenvalue weighted by Gasteiger charge is 2.42. The van der Waals surface area contributed by atoms with Gasteiger partial charge < -0.3 is 14.6 Å². The number of benzene rings is 1. The third-order valence-electron chi connectivity index (χ3n) is 6.49. The molecule has 0 radical (unpaired) electrons.